The first kappa shape index (κ1) is 19.7. The van der Waals surface area contributed by atoms with E-state index < -0.39 is 12.0 Å². The second kappa shape index (κ2) is 8.29. The van der Waals surface area contributed by atoms with Crippen LogP contribution in [0.1, 0.15) is 35.5 Å². The highest BCUT2D eigenvalue weighted by Gasteiger charge is 2.30. The molecule has 1 aromatic carbocycles. The summed E-state index contributed by atoms with van der Waals surface area (Å²) in [6.07, 6.45) is -0.475. The summed E-state index contributed by atoms with van der Waals surface area (Å²) in [5, 5.41) is 9.90. The summed E-state index contributed by atoms with van der Waals surface area (Å²) in [5.41, 5.74) is 1.31. The Morgan fingerprint density at radius 2 is 2.04 bits per heavy atom. The number of oxime groups is 1. The van der Waals surface area contributed by atoms with Crippen LogP contribution in [0.15, 0.2) is 35.5 Å². The normalized spacial score (nSPS) is 16.0. The average molecular weight is 426 g/mol. The summed E-state index contributed by atoms with van der Waals surface area (Å²) in [4.78, 5) is 31.1. The molecule has 1 unspecified atom stereocenters. The first-order valence-corrected chi connectivity index (χ1v) is 9.80. The molecular weight excluding hydrogens is 409 g/mol. The van der Waals surface area contributed by atoms with Gasteiger partial charge >= 0.3 is 0 Å². The van der Waals surface area contributed by atoms with E-state index in [1.807, 2.05) is 19.9 Å². The van der Waals surface area contributed by atoms with E-state index in [0.717, 1.165) is 4.88 Å². The van der Waals surface area contributed by atoms with Crippen LogP contribution < -0.4 is 10.6 Å². The van der Waals surface area contributed by atoms with Crippen molar-refractivity contribution in [2.45, 2.75) is 32.4 Å². The van der Waals surface area contributed by atoms with Crippen molar-refractivity contribution in [1.82, 2.24) is 5.32 Å². The zero-order chi connectivity index (χ0) is 19.6. The number of rotatable bonds is 5. The number of halogens is 2. The maximum absolute atomic E-state index is 12.6. The van der Waals surface area contributed by atoms with E-state index in [1.54, 1.807) is 18.2 Å². The maximum Gasteiger partial charge on any atom is 0.268 e. The van der Waals surface area contributed by atoms with Gasteiger partial charge in [-0.05, 0) is 44.2 Å². The Morgan fingerprint density at radius 3 is 2.70 bits per heavy atom. The molecule has 2 aromatic rings. The van der Waals surface area contributed by atoms with Crippen LogP contribution in [-0.4, -0.2) is 29.7 Å². The lowest BCUT2D eigenvalue weighted by atomic mass is 10.1. The summed E-state index contributed by atoms with van der Waals surface area (Å²) in [7, 11) is 0. The van der Waals surface area contributed by atoms with E-state index in [4.69, 9.17) is 28.0 Å². The molecule has 2 heterocycles. The van der Waals surface area contributed by atoms with Crippen LogP contribution in [-0.2, 0) is 9.63 Å². The number of nitrogens with zero attached hydrogens (tertiary/aromatic N) is 1. The lowest BCUT2D eigenvalue weighted by Crippen LogP contribution is -2.32. The molecule has 1 aliphatic heterocycles. The van der Waals surface area contributed by atoms with Gasteiger partial charge in [-0.1, -0.05) is 28.4 Å². The molecule has 1 aromatic heterocycles. The van der Waals surface area contributed by atoms with Crippen molar-refractivity contribution in [1.29, 1.82) is 0 Å². The third kappa shape index (κ3) is 4.80. The molecule has 2 N–H and O–H groups in total. The van der Waals surface area contributed by atoms with Gasteiger partial charge < -0.3 is 15.5 Å². The number of amides is 2. The molecule has 9 heteroatoms. The second-order valence-electron chi connectivity index (χ2n) is 6.25. The molecule has 1 aliphatic rings. The minimum absolute atomic E-state index is 0.0385. The number of anilines is 1. The summed E-state index contributed by atoms with van der Waals surface area (Å²) in [5.74, 6) is -0.702. The minimum Gasteiger partial charge on any atom is -0.382 e. The van der Waals surface area contributed by atoms with Gasteiger partial charge in [-0.25, -0.2) is 0 Å². The number of carbonyl (C=O) groups is 2. The van der Waals surface area contributed by atoms with Crippen molar-refractivity contribution >= 4 is 57.8 Å². The Kier molecular flexibility index (Phi) is 6.04. The van der Waals surface area contributed by atoms with Crippen molar-refractivity contribution in [3.05, 3.63) is 50.1 Å². The van der Waals surface area contributed by atoms with E-state index in [2.05, 4.69) is 15.8 Å². The van der Waals surface area contributed by atoms with Crippen molar-refractivity contribution < 1.29 is 14.4 Å². The molecule has 1 atom stereocenters. The molecule has 6 nitrogen and oxygen atoms in total. The predicted octanol–water partition coefficient (Wildman–Crippen LogP) is 4.32. The minimum atomic E-state index is -0.791. The highest BCUT2D eigenvalue weighted by molar-refractivity contribution is 7.18. The molecule has 3 rings (SSSR count). The standard InChI is InChI=1S/C18H17Cl2N3O3S/c1-9(2)21-17(24)11-4-3-10(19)7-12(11)22-18(25)14-8-13(23-26-14)15-5-6-16(20)27-15/h3-7,9,14H,8H2,1-2H3,(H,21,24)(H,22,25). The van der Waals surface area contributed by atoms with Crippen molar-refractivity contribution in [3.63, 3.8) is 0 Å². The number of hydrogen-bond acceptors (Lipinski definition) is 5. The SMILES string of the molecule is CC(C)NC(=O)c1ccc(Cl)cc1NC(=O)C1CC(c2ccc(Cl)s2)=NO1. The summed E-state index contributed by atoms with van der Waals surface area (Å²) in [6.45, 7) is 3.71. The van der Waals surface area contributed by atoms with Gasteiger partial charge in [0.15, 0.2) is 0 Å². The molecule has 0 bridgehead atoms. The monoisotopic (exact) mass is 425 g/mol. The largest absolute Gasteiger partial charge is 0.382 e. The molecule has 27 heavy (non-hydrogen) atoms. The molecular formula is C18H17Cl2N3O3S. The van der Waals surface area contributed by atoms with E-state index in [1.165, 1.54) is 17.4 Å². The molecule has 2 amide bonds. The van der Waals surface area contributed by atoms with Gasteiger partial charge in [-0.2, -0.15) is 0 Å². The summed E-state index contributed by atoms with van der Waals surface area (Å²) < 4.78 is 0.639. The van der Waals surface area contributed by atoms with Gasteiger partial charge in [0, 0.05) is 17.5 Å². The zero-order valence-electron chi connectivity index (χ0n) is 14.6. The first-order chi connectivity index (χ1) is 12.8. The fourth-order valence-electron chi connectivity index (χ4n) is 2.50. The lowest BCUT2D eigenvalue weighted by Gasteiger charge is -2.15. The molecule has 0 saturated heterocycles. The molecule has 0 aliphatic carbocycles. The second-order valence-corrected chi connectivity index (χ2v) is 8.40. The van der Waals surface area contributed by atoms with Gasteiger partial charge in [0.05, 0.1) is 20.5 Å². The summed E-state index contributed by atoms with van der Waals surface area (Å²) >= 11 is 13.3. The van der Waals surface area contributed by atoms with E-state index in [0.29, 0.717) is 32.7 Å². The van der Waals surface area contributed by atoms with Gasteiger partial charge in [0.2, 0.25) is 6.10 Å². The van der Waals surface area contributed by atoms with Crippen LogP contribution in [0.25, 0.3) is 0 Å². The van der Waals surface area contributed by atoms with Gasteiger partial charge in [0.25, 0.3) is 11.8 Å². The number of thiophene rings is 1. The highest BCUT2D eigenvalue weighted by Crippen LogP contribution is 2.27. The Balaban J connectivity index is 1.71. The number of nitrogens with one attached hydrogen (secondary N) is 2. The number of benzene rings is 1. The van der Waals surface area contributed by atoms with Crippen molar-refractivity contribution in [2.24, 2.45) is 5.16 Å². The van der Waals surface area contributed by atoms with Crippen LogP contribution in [0.3, 0.4) is 0 Å². The summed E-state index contributed by atoms with van der Waals surface area (Å²) in [6, 6.07) is 8.26. The van der Waals surface area contributed by atoms with Crippen molar-refractivity contribution in [3.8, 4) is 0 Å². The number of hydrogen-bond donors (Lipinski definition) is 2. The Bertz CT molecular complexity index is 911. The van der Waals surface area contributed by atoms with Crippen LogP contribution in [0, 0.1) is 0 Å². The molecule has 0 spiro atoms. The Labute approximate surface area is 170 Å². The molecule has 0 fully saturated rings. The lowest BCUT2D eigenvalue weighted by molar-refractivity contribution is -0.125. The Hall–Kier alpha value is -2.09. The van der Waals surface area contributed by atoms with Crippen LogP contribution in [0.2, 0.25) is 9.36 Å². The average Bonchev–Trinajstić information content (AvgIpc) is 3.23. The van der Waals surface area contributed by atoms with Gasteiger partial charge in [-0.15, -0.1) is 11.3 Å². The molecule has 0 radical (unpaired) electrons. The van der Waals surface area contributed by atoms with Crippen molar-refractivity contribution in [2.75, 3.05) is 5.32 Å². The van der Waals surface area contributed by atoms with Crippen LogP contribution >= 0.6 is 34.5 Å². The van der Waals surface area contributed by atoms with E-state index >= 15 is 0 Å². The third-order valence-corrected chi connectivity index (χ3v) is 5.24. The fourth-order valence-corrected chi connectivity index (χ4v) is 3.71. The quantitative estimate of drug-likeness (QED) is 0.747. The van der Waals surface area contributed by atoms with Crippen LogP contribution in [0.5, 0.6) is 0 Å². The maximum atomic E-state index is 12.6. The van der Waals surface area contributed by atoms with E-state index in [9.17, 15) is 9.59 Å². The van der Waals surface area contributed by atoms with Gasteiger partial charge in [-0.3, -0.25) is 9.59 Å². The fraction of sp³-hybridized carbons (Fsp3) is 0.278. The predicted molar refractivity (Wildman–Crippen MR) is 108 cm³/mol. The number of carbonyl (C=O) groups excluding carboxylic acids is 2. The smallest absolute Gasteiger partial charge is 0.268 e. The van der Waals surface area contributed by atoms with E-state index in [-0.39, 0.29) is 11.9 Å². The highest BCUT2D eigenvalue weighted by atomic mass is 35.5. The third-order valence-electron chi connectivity index (χ3n) is 3.72. The zero-order valence-corrected chi connectivity index (χ0v) is 16.9. The van der Waals surface area contributed by atoms with Gasteiger partial charge in [0.1, 0.15) is 5.71 Å². The molecule has 142 valence electrons. The Morgan fingerprint density at radius 1 is 1.26 bits per heavy atom. The first-order valence-electron chi connectivity index (χ1n) is 8.23. The topological polar surface area (TPSA) is 79.8 Å². The molecule has 0 saturated carbocycles. The van der Waals surface area contributed by atoms with Crippen LogP contribution in [0.4, 0.5) is 5.69 Å².